The van der Waals surface area contributed by atoms with E-state index in [0.717, 1.165) is 0 Å². The van der Waals surface area contributed by atoms with E-state index in [2.05, 4.69) is 5.09 Å². The van der Waals surface area contributed by atoms with Gasteiger partial charge in [-0.05, 0) is 36.4 Å². The summed E-state index contributed by atoms with van der Waals surface area (Å²) in [6.45, 7) is 0. The van der Waals surface area contributed by atoms with Crippen molar-refractivity contribution in [3.8, 4) is 11.5 Å². The Kier molecular flexibility index (Phi) is 5.09. The Morgan fingerprint density at radius 1 is 0.708 bits per heavy atom. The molecule has 24 heavy (non-hydrogen) atoms. The first-order valence-corrected chi connectivity index (χ1v) is 9.19. The number of hydrogen-bond acceptors (Lipinski definition) is 3. The molecule has 0 heterocycles. The van der Waals surface area contributed by atoms with Crippen LogP contribution < -0.4 is 14.1 Å². The lowest BCUT2D eigenvalue weighted by molar-refractivity contribution is 0.393. The van der Waals surface area contributed by atoms with Gasteiger partial charge in [0.1, 0.15) is 11.5 Å². The summed E-state index contributed by atoms with van der Waals surface area (Å²) in [6, 6.07) is 24.6. The summed E-state index contributed by atoms with van der Waals surface area (Å²) in [5.74, 6) is 0.854. The van der Waals surface area contributed by atoms with Crippen LogP contribution in [0.4, 0.5) is 5.69 Å². The Labute approximate surface area is 145 Å². The number of hydrogen-bond donors (Lipinski definition) is 1. The van der Waals surface area contributed by atoms with Crippen molar-refractivity contribution in [3.63, 3.8) is 0 Å². The van der Waals surface area contributed by atoms with Gasteiger partial charge in [-0.25, -0.2) is 4.57 Å². The van der Waals surface area contributed by atoms with Crippen molar-refractivity contribution in [2.24, 2.45) is 0 Å². The molecule has 0 saturated carbocycles. The largest absolute Gasteiger partial charge is 0.541 e. The SMILES string of the molecule is O=P(Nc1ccccc1Cl)(Oc1ccccc1)Oc1ccccc1. The fourth-order valence-corrected chi connectivity index (χ4v) is 3.67. The van der Waals surface area contributed by atoms with Crippen molar-refractivity contribution >= 4 is 25.0 Å². The Morgan fingerprint density at radius 2 is 1.17 bits per heavy atom. The second kappa shape index (κ2) is 7.43. The van der Waals surface area contributed by atoms with E-state index in [0.29, 0.717) is 22.2 Å². The molecule has 0 aliphatic heterocycles. The molecule has 0 bridgehead atoms. The van der Waals surface area contributed by atoms with E-state index in [1.54, 1.807) is 72.8 Å². The number of rotatable bonds is 6. The molecule has 0 unspecified atom stereocenters. The van der Waals surface area contributed by atoms with Gasteiger partial charge in [-0.2, -0.15) is 0 Å². The molecular weight excluding hydrogens is 345 g/mol. The van der Waals surface area contributed by atoms with Gasteiger partial charge in [0.2, 0.25) is 0 Å². The van der Waals surface area contributed by atoms with Crippen molar-refractivity contribution < 1.29 is 13.6 Å². The first-order chi connectivity index (χ1) is 11.6. The second-order valence-corrected chi connectivity index (χ2v) is 6.89. The van der Waals surface area contributed by atoms with Crippen LogP contribution in [0.1, 0.15) is 0 Å². The molecule has 4 nitrogen and oxygen atoms in total. The van der Waals surface area contributed by atoms with E-state index in [9.17, 15) is 4.57 Å². The molecular formula is C18H15ClNO3P. The predicted octanol–water partition coefficient (Wildman–Crippen LogP) is 6.02. The van der Waals surface area contributed by atoms with Gasteiger partial charge in [-0.1, -0.05) is 60.1 Å². The summed E-state index contributed by atoms with van der Waals surface area (Å²) in [5, 5.41) is 3.22. The van der Waals surface area contributed by atoms with E-state index >= 15 is 0 Å². The lowest BCUT2D eigenvalue weighted by Gasteiger charge is -2.21. The molecule has 0 radical (unpaired) electrons. The molecule has 3 rings (SSSR count). The first kappa shape index (κ1) is 16.4. The third kappa shape index (κ3) is 4.31. The van der Waals surface area contributed by atoms with Crippen LogP contribution in [0.25, 0.3) is 0 Å². The minimum Gasteiger partial charge on any atom is -0.400 e. The summed E-state index contributed by atoms with van der Waals surface area (Å²) < 4.78 is 24.5. The monoisotopic (exact) mass is 359 g/mol. The van der Waals surface area contributed by atoms with Crippen molar-refractivity contribution in [2.45, 2.75) is 0 Å². The second-order valence-electron chi connectivity index (χ2n) is 4.90. The lowest BCUT2D eigenvalue weighted by atomic mass is 10.3. The standard InChI is InChI=1S/C18H15ClNO3P/c19-17-13-7-8-14-18(17)20-24(21,22-15-9-3-1-4-10-15)23-16-11-5-2-6-12-16/h1-14H,(H,20,21). The molecule has 3 aromatic carbocycles. The van der Waals surface area contributed by atoms with Crippen molar-refractivity contribution in [2.75, 3.05) is 5.09 Å². The van der Waals surface area contributed by atoms with Crippen LogP contribution >= 0.6 is 19.3 Å². The fourth-order valence-electron chi connectivity index (χ4n) is 2.00. The maximum atomic E-state index is 13.3. The van der Waals surface area contributed by atoms with E-state index in [1.807, 2.05) is 12.1 Å². The molecule has 0 spiro atoms. The van der Waals surface area contributed by atoms with Gasteiger partial charge in [-0.15, -0.1) is 0 Å². The third-order valence-corrected chi connectivity index (χ3v) is 4.82. The quantitative estimate of drug-likeness (QED) is 0.547. The minimum atomic E-state index is -3.75. The zero-order valence-electron chi connectivity index (χ0n) is 12.6. The molecule has 6 heteroatoms. The van der Waals surface area contributed by atoms with Crippen LogP contribution in [0.3, 0.4) is 0 Å². The Hall–Kier alpha value is -2.42. The predicted molar refractivity (Wildman–Crippen MR) is 96.8 cm³/mol. The third-order valence-electron chi connectivity index (χ3n) is 3.07. The molecule has 0 atom stereocenters. The van der Waals surface area contributed by atoms with Crippen LogP contribution in [0.2, 0.25) is 5.02 Å². The number of para-hydroxylation sites is 3. The van der Waals surface area contributed by atoms with Gasteiger partial charge in [-0.3, -0.25) is 5.09 Å². The molecule has 0 aliphatic rings. The van der Waals surface area contributed by atoms with Crippen molar-refractivity contribution in [1.29, 1.82) is 0 Å². The fraction of sp³-hybridized carbons (Fsp3) is 0. The van der Waals surface area contributed by atoms with E-state index in [4.69, 9.17) is 20.6 Å². The van der Waals surface area contributed by atoms with Crippen LogP contribution in [0.15, 0.2) is 84.9 Å². The van der Waals surface area contributed by atoms with Crippen molar-refractivity contribution in [1.82, 2.24) is 0 Å². The molecule has 0 aliphatic carbocycles. The van der Waals surface area contributed by atoms with Crippen LogP contribution in [-0.2, 0) is 4.57 Å². The highest BCUT2D eigenvalue weighted by Crippen LogP contribution is 2.49. The topological polar surface area (TPSA) is 47.6 Å². The summed E-state index contributed by atoms with van der Waals surface area (Å²) in [5.41, 5.74) is 0.467. The normalized spacial score (nSPS) is 10.9. The number of benzene rings is 3. The number of nitrogens with one attached hydrogen (secondary N) is 1. The molecule has 0 saturated heterocycles. The van der Waals surface area contributed by atoms with Gasteiger partial charge in [0.25, 0.3) is 0 Å². The molecule has 122 valence electrons. The summed E-state index contributed by atoms with van der Waals surface area (Å²) in [7, 11) is -3.75. The van der Waals surface area contributed by atoms with E-state index < -0.39 is 7.75 Å². The Morgan fingerprint density at radius 3 is 1.67 bits per heavy atom. The molecule has 1 N–H and O–H groups in total. The van der Waals surface area contributed by atoms with E-state index in [-0.39, 0.29) is 0 Å². The molecule has 3 aromatic rings. The van der Waals surface area contributed by atoms with Gasteiger partial charge in [0.05, 0.1) is 10.7 Å². The Bertz CT molecular complexity index is 798. The lowest BCUT2D eigenvalue weighted by Crippen LogP contribution is -2.10. The summed E-state index contributed by atoms with van der Waals surface area (Å²) in [6.07, 6.45) is 0. The van der Waals surface area contributed by atoms with Gasteiger partial charge >= 0.3 is 7.75 Å². The zero-order chi connectivity index (χ0) is 16.8. The zero-order valence-corrected chi connectivity index (χ0v) is 14.3. The maximum Gasteiger partial charge on any atom is 0.541 e. The smallest absolute Gasteiger partial charge is 0.400 e. The highest BCUT2D eigenvalue weighted by molar-refractivity contribution is 7.56. The number of halogens is 1. The molecule has 0 aromatic heterocycles. The Balaban J connectivity index is 1.91. The van der Waals surface area contributed by atoms with Crippen molar-refractivity contribution in [3.05, 3.63) is 90.0 Å². The van der Waals surface area contributed by atoms with Crippen LogP contribution in [0.5, 0.6) is 11.5 Å². The summed E-state index contributed by atoms with van der Waals surface area (Å²) in [4.78, 5) is 0. The number of anilines is 1. The molecule has 0 amide bonds. The highest BCUT2D eigenvalue weighted by atomic mass is 35.5. The maximum absolute atomic E-state index is 13.3. The van der Waals surface area contributed by atoms with Gasteiger partial charge < -0.3 is 9.05 Å². The summed E-state index contributed by atoms with van der Waals surface area (Å²) >= 11 is 6.14. The average molecular weight is 360 g/mol. The minimum absolute atomic E-state index is 0.422. The average Bonchev–Trinajstić information content (AvgIpc) is 2.58. The molecule has 0 fully saturated rings. The first-order valence-electron chi connectivity index (χ1n) is 7.27. The van der Waals surface area contributed by atoms with Gasteiger partial charge in [0.15, 0.2) is 0 Å². The van der Waals surface area contributed by atoms with Crippen LogP contribution in [-0.4, -0.2) is 0 Å². The van der Waals surface area contributed by atoms with Crippen LogP contribution in [0, 0.1) is 0 Å². The van der Waals surface area contributed by atoms with Gasteiger partial charge in [0, 0.05) is 0 Å². The van der Waals surface area contributed by atoms with E-state index in [1.165, 1.54) is 0 Å². The highest BCUT2D eigenvalue weighted by Gasteiger charge is 2.29.